The van der Waals surface area contributed by atoms with Gasteiger partial charge in [0.25, 0.3) is 11.5 Å². The van der Waals surface area contributed by atoms with Gasteiger partial charge in [0.05, 0.1) is 17.4 Å². The van der Waals surface area contributed by atoms with Crippen molar-refractivity contribution in [3.63, 3.8) is 0 Å². The van der Waals surface area contributed by atoms with Crippen LogP contribution in [0.5, 0.6) is 0 Å². The largest absolute Gasteiger partial charge is 0.322 e. The fraction of sp³-hybridized carbons (Fsp3) is 0.312. The minimum atomic E-state index is -0.631. The van der Waals surface area contributed by atoms with Crippen LogP contribution in [0.2, 0.25) is 0 Å². The van der Waals surface area contributed by atoms with E-state index >= 15 is 4.39 Å². The standard InChI is InChI=1S/C32H29FN6O4/c33-29-21(4-6-25-28(29)32(43)39(18-35-25)23-2-1-11-34-15-23)16-37-12-9-19(10-13-37)20-3-5-24-22(14-20)17-38(31(24)42)26-7-8-27(40)36-30(26)41/h1-6,11,14-15,18-19,26H,7-10,12-13,16-17H2,(H,36,40,41). The number of aromatic nitrogens is 3. The third kappa shape index (κ3) is 4.89. The number of pyridine rings is 1. The maximum Gasteiger partial charge on any atom is 0.268 e. The Morgan fingerprint density at radius 3 is 2.60 bits per heavy atom. The topological polar surface area (TPSA) is 118 Å². The van der Waals surface area contributed by atoms with Crippen molar-refractivity contribution >= 4 is 28.6 Å². The van der Waals surface area contributed by atoms with Crippen LogP contribution >= 0.6 is 0 Å². The van der Waals surface area contributed by atoms with Crippen LogP contribution in [-0.4, -0.2) is 61.2 Å². The van der Waals surface area contributed by atoms with Crippen LogP contribution < -0.4 is 10.9 Å². The number of likely N-dealkylation sites (tertiary alicyclic amines) is 1. The summed E-state index contributed by atoms with van der Waals surface area (Å²) in [4.78, 5) is 62.3. The van der Waals surface area contributed by atoms with E-state index in [4.69, 9.17) is 0 Å². The Kier molecular flexibility index (Phi) is 6.81. The Hall–Kier alpha value is -4.77. The number of carbonyl (C=O) groups is 3. The number of hydrogen-bond acceptors (Lipinski definition) is 7. The van der Waals surface area contributed by atoms with Gasteiger partial charge in [0.1, 0.15) is 23.6 Å². The molecule has 3 aliphatic rings. The number of hydrogen-bond donors (Lipinski definition) is 1. The summed E-state index contributed by atoms with van der Waals surface area (Å²) in [5, 5.41) is 2.31. The first kappa shape index (κ1) is 27.1. The third-order valence-electron chi connectivity index (χ3n) is 8.87. The Balaban J connectivity index is 1.03. The molecule has 2 aromatic heterocycles. The van der Waals surface area contributed by atoms with Crippen LogP contribution in [0.4, 0.5) is 4.39 Å². The van der Waals surface area contributed by atoms with E-state index in [-0.39, 0.29) is 23.6 Å². The van der Waals surface area contributed by atoms with E-state index in [1.165, 1.54) is 17.1 Å². The molecule has 0 bridgehead atoms. The lowest BCUT2D eigenvalue weighted by Crippen LogP contribution is -2.52. The molecule has 0 spiro atoms. The van der Waals surface area contributed by atoms with Crippen LogP contribution in [0.3, 0.4) is 0 Å². The molecule has 1 N–H and O–H groups in total. The fourth-order valence-electron chi connectivity index (χ4n) is 6.53. The molecule has 10 nitrogen and oxygen atoms in total. The summed E-state index contributed by atoms with van der Waals surface area (Å²) in [5.41, 5.74) is 3.48. The average molecular weight is 581 g/mol. The van der Waals surface area contributed by atoms with Crippen LogP contribution in [0.15, 0.2) is 66.0 Å². The highest BCUT2D eigenvalue weighted by Gasteiger charge is 2.39. The number of rotatable bonds is 5. The van der Waals surface area contributed by atoms with Gasteiger partial charge in [-0.15, -0.1) is 0 Å². The molecule has 3 aliphatic heterocycles. The van der Waals surface area contributed by atoms with E-state index in [0.717, 1.165) is 37.1 Å². The average Bonchev–Trinajstić information content (AvgIpc) is 3.34. The molecule has 43 heavy (non-hydrogen) atoms. The summed E-state index contributed by atoms with van der Waals surface area (Å²) < 4.78 is 17.0. The van der Waals surface area contributed by atoms with Crippen molar-refractivity contribution in [3.05, 3.63) is 99.6 Å². The van der Waals surface area contributed by atoms with Crippen LogP contribution in [0.1, 0.15) is 58.6 Å². The summed E-state index contributed by atoms with van der Waals surface area (Å²) in [6.07, 6.45) is 6.84. The van der Waals surface area contributed by atoms with Gasteiger partial charge in [-0.2, -0.15) is 0 Å². The van der Waals surface area contributed by atoms with Crippen LogP contribution in [0, 0.1) is 5.82 Å². The maximum absolute atomic E-state index is 15.7. The Morgan fingerprint density at radius 2 is 1.84 bits per heavy atom. The van der Waals surface area contributed by atoms with Crippen LogP contribution in [-0.2, 0) is 22.7 Å². The first-order chi connectivity index (χ1) is 20.9. The number of halogens is 1. The highest BCUT2D eigenvalue weighted by Crippen LogP contribution is 2.34. The van der Waals surface area contributed by atoms with Crippen molar-refractivity contribution in [3.8, 4) is 5.69 Å². The van der Waals surface area contributed by atoms with Crippen molar-refractivity contribution < 1.29 is 18.8 Å². The molecule has 0 saturated carbocycles. The third-order valence-corrected chi connectivity index (χ3v) is 8.87. The molecule has 2 aromatic carbocycles. The zero-order chi connectivity index (χ0) is 29.7. The summed E-state index contributed by atoms with van der Waals surface area (Å²) in [7, 11) is 0. The van der Waals surface area contributed by atoms with Gasteiger partial charge < -0.3 is 4.90 Å². The quantitative estimate of drug-likeness (QED) is 0.361. The minimum absolute atomic E-state index is 0.0298. The van der Waals surface area contributed by atoms with Gasteiger partial charge >= 0.3 is 0 Å². The maximum atomic E-state index is 15.7. The summed E-state index contributed by atoms with van der Waals surface area (Å²) in [6, 6.07) is 12.1. The molecule has 0 radical (unpaired) electrons. The molecule has 1 unspecified atom stereocenters. The summed E-state index contributed by atoms with van der Waals surface area (Å²) in [5.74, 6) is -1.14. The van der Waals surface area contributed by atoms with E-state index in [1.54, 1.807) is 35.4 Å². The monoisotopic (exact) mass is 580 g/mol. The van der Waals surface area contributed by atoms with Gasteiger partial charge in [-0.1, -0.05) is 18.2 Å². The number of carbonyl (C=O) groups excluding carboxylic acids is 3. The summed E-state index contributed by atoms with van der Waals surface area (Å²) >= 11 is 0. The second-order valence-electron chi connectivity index (χ2n) is 11.4. The highest BCUT2D eigenvalue weighted by molar-refractivity contribution is 6.05. The molecule has 3 amide bonds. The normalized spacial score (nSPS) is 19.6. The number of benzene rings is 2. The van der Waals surface area contributed by atoms with Crippen molar-refractivity contribution in [2.24, 2.45) is 0 Å². The number of nitrogens with one attached hydrogen (secondary N) is 1. The van der Waals surface area contributed by atoms with Crippen molar-refractivity contribution in [2.45, 2.75) is 50.7 Å². The lowest BCUT2D eigenvalue weighted by molar-refractivity contribution is -0.136. The van der Waals surface area contributed by atoms with Gasteiger partial charge in [0, 0.05) is 36.8 Å². The zero-order valence-electron chi connectivity index (χ0n) is 23.3. The number of imide groups is 1. The molecule has 1 atom stereocenters. The number of fused-ring (bicyclic) bond motifs is 2. The molecule has 11 heteroatoms. The van der Waals surface area contributed by atoms with Gasteiger partial charge in [0.15, 0.2) is 0 Å². The first-order valence-corrected chi connectivity index (χ1v) is 14.5. The second-order valence-corrected chi connectivity index (χ2v) is 11.4. The SMILES string of the molecule is O=C1CCC(N2Cc3cc(C4CCN(Cc5ccc6ncn(-c7cccnc7)c(=O)c6c5F)CC4)ccc3C2=O)C(=O)N1. The molecule has 7 rings (SSSR count). The highest BCUT2D eigenvalue weighted by atomic mass is 19.1. The van der Waals surface area contributed by atoms with E-state index in [0.29, 0.717) is 47.8 Å². The Morgan fingerprint density at radius 1 is 1.00 bits per heavy atom. The van der Waals surface area contributed by atoms with Gasteiger partial charge in [0.2, 0.25) is 11.8 Å². The minimum Gasteiger partial charge on any atom is -0.322 e. The number of piperidine rings is 2. The molecule has 0 aliphatic carbocycles. The van der Waals surface area contributed by atoms with E-state index in [2.05, 4.69) is 26.3 Å². The van der Waals surface area contributed by atoms with Gasteiger partial charge in [-0.3, -0.25) is 38.9 Å². The van der Waals surface area contributed by atoms with E-state index in [1.807, 2.05) is 12.1 Å². The predicted molar refractivity (Wildman–Crippen MR) is 155 cm³/mol. The van der Waals surface area contributed by atoms with Crippen molar-refractivity contribution in [2.75, 3.05) is 13.1 Å². The van der Waals surface area contributed by atoms with Crippen LogP contribution in [0.25, 0.3) is 16.6 Å². The van der Waals surface area contributed by atoms with Gasteiger partial charge in [-0.05, 0) is 73.7 Å². The van der Waals surface area contributed by atoms with Gasteiger partial charge in [-0.25, -0.2) is 9.37 Å². The number of amides is 3. The van der Waals surface area contributed by atoms with E-state index < -0.39 is 23.3 Å². The molecule has 218 valence electrons. The Bertz CT molecular complexity index is 1830. The van der Waals surface area contributed by atoms with Crippen molar-refractivity contribution in [1.29, 1.82) is 0 Å². The van der Waals surface area contributed by atoms with E-state index in [9.17, 15) is 19.2 Å². The molecular formula is C32H29FN6O4. The Labute approximate surface area is 246 Å². The number of nitrogens with zero attached hydrogens (tertiary/aromatic N) is 5. The smallest absolute Gasteiger partial charge is 0.268 e. The predicted octanol–water partition coefficient (Wildman–Crippen LogP) is 3.06. The zero-order valence-corrected chi connectivity index (χ0v) is 23.3. The van der Waals surface area contributed by atoms with Crippen molar-refractivity contribution in [1.82, 2.24) is 29.7 Å². The lowest BCUT2D eigenvalue weighted by atomic mass is 9.87. The fourth-order valence-corrected chi connectivity index (χ4v) is 6.53. The molecule has 2 saturated heterocycles. The first-order valence-electron chi connectivity index (χ1n) is 14.5. The summed E-state index contributed by atoms with van der Waals surface area (Å²) in [6.45, 7) is 2.25. The lowest BCUT2D eigenvalue weighted by Gasteiger charge is -2.32. The molecule has 4 aromatic rings. The molecule has 2 fully saturated rings. The molecular weight excluding hydrogens is 551 g/mol. The molecule has 5 heterocycles. The second kappa shape index (κ2) is 10.8.